The summed E-state index contributed by atoms with van der Waals surface area (Å²) in [6.07, 6.45) is 1.69. The molecule has 0 spiro atoms. The molecule has 13 heavy (non-hydrogen) atoms. The molecule has 2 aliphatic heterocycles. The van der Waals surface area contributed by atoms with Crippen LogP contribution in [0.15, 0.2) is 0 Å². The van der Waals surface area contributed by atoms with E-state index in [9.17, 15) is 4.79 Å². The van der Waals surface area contributed by atoms with E-state index in [1.807, 2.05) is 0 Å². The molecular formula is C8H12O4S. The summed E-state index contributed by atoms with van der Waals surface area (Å²) in [5.41, 5.74) is -0.126. The topological polar surface area (TPSA) is 44.8 Å². The maximum atomic E-state index is 10.6. The standard InChI is InChI=1S/C8H12O4S/c9-8-11-5-7(12-8)13-6-2-1-3-10-4-6/h6-7H,1-5H2. The van der Waals surface area contributed by atoms with Crippen LogP contribution in [0.5, 0.6) is 0 Å². The van der Waals surface area contributed by atoms with Crippen LogP contribution in [0.2, 0.25) is 0 Å². The summed E-state index contributed by atoms with van der Waals surface area (Å²) in [6, 6.07) is 0. The Morgan fingerprint density at radius 3 is 2.92 bits per heavy atom. The number of cyclic esters (lactones) is 2. The normalized spacial score (nSPS) is 34.0. The van der Waals surface area contributed by atoms with E-state index in [0.29, 0.717) is 11.9 Å². The molecule has 4 nitrogen and oxygen atoms in total. The van der Waals surface area contributed by atoms with Gasteiger partial charge in [-0.05, 0) is 12.8 Å². The van der Waals surface area contributed by atoms with Gasteiger partial charge in [-0.1, -0.05) is 0 Å². The van der Waals surface area contributed by atoms with Gasteiger partial charge < -0.3 is 14.2 Å². The van der Waals surface area contributed by atoms with Crippen molar-refractivity contribution < 1.29 is 19.0 Å². The van der Waals surface area contributed by atoms with Crippen LogP contribution in [-0.2, 0) is 14.2 Å². The molecule has 74 valence electrons. The van der Waals surface area contributed by atoms with E-state index >= 15 is 0 Å². The highest BCUT2D eigenvalue weighted by Crippen LogP contribution is 2.28. The molecule has 0 bridgehead atoms. The Balaban J connectivity index is 1.73. The molecule has 2 atom stereocenters. The highest BCUT2D eigenvalue weighted by Gasteiger charge is 2.29. The maximum absolute atomic E-state index is 10.6. The highest BCUT2D eigenvalue weighted by molar-refractivity contribution is 8.00. The van der Waals surface area contributed by atoms with Crippen LogP contribution < -0.4 is 0 Å². The van der Waals surface area contributed by atoms with Gasteiger partial charge in [0.05, 0.1) is 6.61 Å². The molecule has 2 heterocycles. The van der Waals surface area contributed by atoms with Crippen molar-refractivity contribution in [1.82, 2.24) is 0 Å². The molecule has 2 fully saturated rings. The molecule has 2 aliphatic rings. The molecule has 2 rings (SSSR count). The third kappa shape index (κ3) is 2.51. The smallest absolute Gasteiger partial charge is 0.429 e. The first-order valence-corrected chi connectivity index (χ1v) is 5.35. The van der Waals surface area contributed by atoms with Crippen molar-refractivity contribution in [3.05, 3.63) is 0 Å². The molecule has 2 unspecified atom stereocenters. The van der Waals surface area contributed by atoms with E-state index in [-0.39, 0.29) is 5.44 Å². The number of thioether (sulfide) groups is 1. The van der Waals surface area contributed by atoms with Gasteiger partial charge in [0.2, 0.25) is 0 Å². The fourth-order valence-corrected chi connectivity index (χ4v) is 2.60. The molecule has 5 heteroatoms. The average molecular weight is 204 g/mol. The summed E-state index contributed by atoms with van der Waals surface area (Å²) in [7, 11) is 0. The maximum Gasteiger partial charge on any atom is 0.509 e. The van der Waals surface area contributed by atoms with Crippen molar-refractivity contribution in [3.63, 3.8) is 0 Å². The number of hydrogen-bond acceptors (Lipinski definition) is 5. The number of carbonyl (C=O) groups is 1. The SMILES string of the molecule is O=C1OCC(SC2CCCOC2)O1. The predicted molar refractivity (Wildman–Crippen MR) is 47.7 cm³/mol. The Kier molecular flexibility index (Phi) is 2.95. The zero-order valence-electron chi connectivity index (χ0n) is 7.23. The second-order valence-corrected chi connectivity index (χ2v) is 4.55. The van der Waals surface area contributed by atoms with E-state index in [4.69, 9.17) is 9.47 Å². The third-order valence-electron chi connectivity index (χ3n) is 2.03. The fraction of sp³-hybridized carbons (Fsp3) is 0.875. The van der Waals surface area contributed by atoms with E-state index in [0.717, 1.165) is 26.1 Å². The molecule has 0 amide bonds. The van der Waals surface area contributed by atoms with Crippen LogP contribution in [-0.4, -0.2) is 36.7 Å². The van der Waals surface area contributed by atoms with Crippen molar-refractivity contribution in [3.8, 4) is 0 Å². The lowest BCUT2D eigenvalue weighted by Crippen LogP contribution is -2.23. The zero-order chi connectivity index (χ0) is 9.10. The van der Waals surface area contributed by atoms with Crippen LogP contribution in [0.1, 0.15) is 12.8 Å². The molecule has 0 aromatic heterocycles. The van der Waals surface area contributed by atoms with E-state index < -0.39 is 6.16 Å². The van der Waals surface area contributed by atoms with E-state index in [1.54, 1.807) is 11.8 Å². The Labute approximate surface area is 80.9 Å². The number of rotatable bonds is 2. The molecule has 0 aromatic rings. The van der Waals surface area contributed by atoms with Crippen LogP contribution in [0.4, 0.5) is 4.79 Å². The molecule has 0 saturated carbocycles. The van der Waals surface area contributed by atoms with Gasteiger partial charge in [-0.25, -0.2) is 4.79 Å². The summed E-state index contributed by atoms with van der Waals surface area (Å²) >= 11 is 1.64. The van der Waals surface area contributed by atoms with E-state index in [2.05, 4.69) is 4.74 Å². The van der Waals surface area contributed by atoms with Crippen molar-refractivity contribution in [2.24, 2.45) is 0 Å². The molecule has 0 aromatic carbocycles. The number of ether oxygens (including phenoxy) is 3. The third-order valence-corrected chi connectivity index (χ3v) is 3.32. The molecule has 2 saturated heterocycles. The number of carbonyl (C=O) groups excluding carboxylic acids is 1. The van der Waals surface area contributed by atoms with Crippen LogP contribution in [0.3, 0.4) is 0 Å². The minimum atomic E-state index is -0.547. The largest absolute Gasteiger partial charge is 0.509 e. The molecule has 0 radical (unpaired) electrons. The van der Waals surface area contributed by atoms with Gasteiger partial charge in [-0.3, -0.25) is 0 Å². The Morgan fingerprint density at radius 1 is 1.38 bits per heavy atom. The lowest BCUT2D eigenvalue weighted by Gasteiger charge is -2.22. The summed E-state index contributed by atoms with van der Waals surface area (Å²) in [5.74, 6) is 0. The Hall–Kier alpha value is -0.420. The lowest BCUT2D eigenvalue weighted by atomic mass is 10.2. The second-order valence-electron chi connectivity index (χ2n) is 3.08. The van der Waals surface area contributed by atoms with Crippen molar-refractivity contribution in [2.75, 3.05) is 19.8 Å². The van der Waals surface area contributed by atoms with Crippen LogP contribution >= 0.6 is 11.8 Å². The summed E-state index contributed by atoms with van der Waals surface area (Å²) < 4.78 is 14.9. The first-order chi connectivity index (χ1) is 6.34. The number of hydrogen-bond donors (Lipinski definition) is 0. The van der Waals surface area contributed by atoms with Crippen molar-refractivity contribution >= 4 is 17.9 Å². The Bertz CT molecular complexity index is 191. The summed E-state index contributed by atoms with van der Waals surface area (Å²) in [4.78, 5) is 10.6. The Morgan fingerprint density at radius 2 is 2.31 bits per heavy atom. The second kappa shape index (κ2) is 4.19. The first kappa shape index (κ1) is 9.15. The summed E-state index contributed by atoms with van der Waals surface area (Å²) in [5, 5.41) is 0.452. The van der Waals surface area contributed by atoms with Gasteiger partial charge in [-0.15, -0.1) is 11.8 Å². The fourth-order valence-electron chi connectivity index (χ4n) is 1.41. The van der Waals surface area contributed by atoms with Gasteiger partial charge in [0, 0.05) is 11.9 Å². The van der Waals surface area contributed by atoms with Gasteiger partial charge in [0.15, 0.2) is 5.44 Å². The molecular weight excluding hydrogens is 192 g/mol. The van der Waals surface area contributed by atoms with E-state index in [1.165, 1.54) is 0 Å². The average Bonchev–Trinajstić information content (AvgIpc) is 2.53. The van der Waals surface area contributed by atoms with Gasteiger partial charge in [-0.2, -0.15) is 0 Å². The monoisotopic (exact) mass is 204 g/mol. The van der Waals surface area contributed by atoms with Gasteiger partial charge >= 0.3 is 6.16 Å². The van der Waals surface area contributed by atoms with Crippen molar-refractivity contribution in [1.29, 1.82) is 0 Å². The molecule has 0 aliphatic carbocycles. The minimum absolute atomic E-state index is 0.126. The minimum Gasteiger partial charge on any atom is -0.429 e. The zero-order valence-corrected chi connectivity index (χ0v) is 8.05. The lowest BCUT2D eigenvalue weighted by molar-refractivity contribution is 0.100. The van der Waals surface area contributed by atoms with Crippen LogP contribution in [0, 0.1) is 0 Å². The highest BCUT2D eigenvalue weighted by atomic mass is 32.2. The summed E-state index contributed by atoms with van der Waals surface area (Å²) in [6.45, 7) is 2.00. The predicted octanol–water partition coefficient (Wildman–Crippen LogP) is 1.39. The van der Waals surface area contributed by atoms with Crippen LogP contribution in [0.25, 0.3) is 0 Å². The van der Waals surface area contributed by atoms with Gasteiger partial charge in [0.1, 0.15) is 6.61 Å². The molecule has 0 N–H and O–H groups in total. The van der Waals surface area contributed by atoms with Gasteiger partial charge in [0.25, 0.3) is 0 Å². The first-order valence-electron chi connectivity index (χ1n) is 4.41. The van der Waals surface area contributed by atoms with Crippen molar-refractivity contribution in [2.45, 2.75) is 23.5 Å². The quantitative estimate of drug-likeness (QED) is 0.636.